The molecule has 0 spiro atoms. The maximum absolute atomic E-state index is 13.8. The molecule has 130 valence electrons. The molecule has 1 aromatic carbocycles. The molecular formula is C12H17FN2O6S2. The van der Waals surface area contributed by atoms with E-state index in [0.717, 1.165) is 18.4 Å². The lowest BCUT2D eigenvalue weighted by molar-refractivity contribution is -0.139. The Labute approximate surface area is 133 Å². The first-order chi connectivity index (χ1) is 10.5. The standard InChI is InChI=1S/C12H17FN2O6S2/c1-3-4-11(12(16)17)15-23(20,21)8-5-6-10(9(13)7-8)14-22(2,18)19/h5-7,11,14-15H,3-4H2,1-2H3,(H,16,17). The number of carboxylic acids is 1. The number of carboxylic acid groups (broad SMARTS) is 1. The number of sulfonamides is 2. The van der Waals surface area contributed by atoms with Crippen LogP contribution in [-0.2, 0) is 24.8 Å². The minimum absolute atomic E-state index is 0.0742. The van der Waals surface area contributed by atoms with Crippen molar-refractivity contribution in [3.8, 4) is 0 Å². The molecule has 1 rings (SSSR count). The van der Waals surface area contributed by atoms with Gasteiger partial charge in [-0.15, -0.1) is 0 Å². The van der Waals surface area contributed by atoms with Crippen molar-refractivity contribution in [2.24, 2.45) is 0 Å². The second-order valence-electron chi connectivity index (χ2n) is 4.82. The zero-order valence-corrected chi connectivity index (χ0v) is 14.0. The van der Waals surface area contributed by atoms with Gasteiger partial charge in [-0.25, -0.2) is 21.2 Å². The fourth-order valence-corrected chi connectivity index (χ4v) is 3.52. The predicted octanol–water partition coefficient (Wildman–Crippen LogP) is 0.729. The van der Waals surface area contributed by atoms with E-state index >= 15 is 0 Å². The molecule has 23 heavy (non-hydrogen) atoms. The number of hydrogen-bond donors (Lipinski definition) is 3. The summed E-state index contributed by atoms with van der Waals surface area (Å²) in [4.78, 5) is 10.5. The zero-order valence-electron chi connectivity index (χ0n) is 12.4. The van der Waals surface area contributed by atoms with E-state index in [1.165, 1.54) is 0 Å². The number of aliphatic carboxylic acids is 1. The molecule has 0 bridgehead atoms. The third-order valence-corrected chi connectivity index (χ3v) is 4.78. The topological polar surface area (TPSA) is 130 Å². The van der Waals surface area contributed by atoms with E-state index in [2.05, 4.69) is 0 Å². The summed E-state index contributed by atoms with van der Waals surface area (Å²) in [5.41, 5.74) is -0.408. The fraction of sp³-hybridized carbons (Fsp3) is 0.417. The maximum atomic E-state index is 13.8. The number of rotatable bonds is 8. The van der Waals surface area contributed by atoms with Gasteiger partial charge in [0, 0.05) is 0 Å². The second-order valence-corrected chi connectivity index (χ2v) is 8.28. The molecule has 0 heterocycles. The first-order valence-corrected chi connectivity index (χ1v) is 9.86. The van der Waals surface area contributed by atoms with Crippen LogP contribution in [0, 0.1) is 5.82 Å². The van der Waals surface area contributed by atoms with Crippen molar-refractivity contribution in [3.05, 3.63) is 24.0 Å². The summed E-state index contributed by atoms with van der Waals surface area (Å²) in [7, 11) is -7.98. The van der Waals surface area contributed by atoms with Crippen molar-refractivity contribution in [3.63, 3.8) is 0 Å². The highest BCUT2D eigenvalue weighted by molar-refractivity contribution is 7.92. The average molecular weight is 368 g/mol. The Morgan fingerprint density at radius 1 is 1.30 bits per heavy atom. The van der Waals surface area contributed by atoms with Gasteiger partial charge in [0.2, 0.25) is 20.0 Å². The Balaban J connectivity index is 3.10. The highest BCUT2D eigenvalue weighted by Crippen LogP contribution is 2.20. The van der Waals surface area contributed by atoms with E-state index in [9.17, 15) is 26.0 Å². The van der Waals surface area contributed by atoms with E-state index in [4.69, 9.17) is 5.11 Å². The highest BCUT2D eigenvalue weighted by Gasteiger charge is 2.25. The molecule has 1 unspecified atom stereocenters. The molecule has 0 aliphatic rings. The van der Waals surface area contributed by atoms with Crippen LogP contribution in [0.2, 0.25) is 0 Å². The Morgan fingerprint density at radius 2 is 1.91 bits per heavy atom. The molecule has 8 nitrogen and oxygen atoms in total. The van der Waals surface area contributed by atoms with Crippen LogP contribution in [-0.4, -0.2) is 40.2 Å². The van der Waals surface area contributed by atoms with Crippen LogP contribution in [0.25, 0.3) is 0 Å². The molecule has 0 amide bonds. The monoisotopic (exact) mass is 368 g/mol. The van der Waals surface area contributed by atoms with Crippen LogP contribution in [0.5, 0.6) is 0 Å². The van der Waals surface area contributed by atoms with Gasteiger partial charge in [0.15, 0.2) is 0 Å². The minimum Gasteiger partial charge on any atom is -0.480 e. The van der Waals surface area contributed by atoms with Gasteiger partial charge in [0.1, 0.15) is 11.9 Å². The fourth-order valence-electron chi connectivity index (χ4n) is 1.72. The summed E-state index contributed by atoms with van der Waals surface area (Å²) in [5.74, 6) is -2.44. The Bertz CT molecular complexity index is 792. The molecule has 1 atom stereocenters. The molecule has 0 saturated heterocycles. The van der Waals surface area contributed by atoms with Gasteiger partial charge in [0.05, 0.1) is 16.8 Å². The molecule has 0 fully saturated rings. The van der Waals surface area contributed by atoms with Crippen LogP contribution in [0.4, 0.5) is 10.1 Å². The summed E-state index contributed by atoms with van der Waals surface area (Å²) >= 11 is 0. The highest BCUT2D eigenvalue weighted by atomic mass is 32.2. The third-order valence-electron chi connectivity index (χ3n) is 2.72. The molecular weight excluding hydrogens is 351 g/mol. The normalized spacial score (nSPS) is 13.5. The first-order valence-electron chi connectivity index (χ1n) is 6.48. The Kier molecular flexibility index (Phi) is 6.08. The maximum Gasteiger partial charge on any atom is 0.321 e. The Morgan fingerprint density at radius 3 is 2.35 bits per heavy atom. The molecule has 3 N–H and O–H groups in total. The summed E-state index contributed by atoms with van der Waals surface area (Å²) < 4.78 is 64.0. The van der Waals surface area contributed by atoms with Crippen LogP contribution in [0.3, 0.4) is 0 Å². The lowest BCUT2D eigenvalue weighted by atomic mass is 10.2. The molecule has 0 aliphatic carbocycles. The van der Waals surface area contributed by atoms with Crippen LogP contribution >= 0.6 is 0 Å². The zero-order chi connectivity index (χ0) is 17.8. The van der Waals surface area contributed by atoms with E-state index in [1.54, 1.807) is 6.92 Å². The molecule has 1 aromatic rings. The molecule has 0 aromatic heterocycles. The second kappa shape index (κ2) is 7.23. The minimum atomic E-state index is -4.26. The van der Waals surface area contributed by atoms with E-state index in [0.29, 0.717) is 12.5 Å². The van der Waals surface area contributed by atoms with Gasteiger partial charge in [-0.05, 0) is 24.6 Å². The third kappa shape index (κ3) is 5.77. The Hall–Kier alpha value is -1.72. The van der Waals surface area contributed by atoms with Crippen molar-refractivity contribution < 1.29 is 31.1 Å². The van der Waals surface area contributed by atoms with Crippen molar-refractivity contribution >= 4 is 31.7 Å². The summed E-state index contributed by atoms with van der Waals surface area (Å²) in [6.45, 7) is 1.69. The smallest absolute Gasteiger partial charge is 0.321 e. The van der Waals surface area contributed by atoms with Gasteiger partial charge in [-0.1, -0.05) is 13.3 Å². The predicted molar refractivity (Wildman–Crippen MR) is 81.5 cm³/mol. The number of halogens is 1. The number of carbonyl (C=O) groups is 1. The van der Waals surface area contributed by atoms with Crippen molar-refractivity contribution in [1.82, 2.24) is 4.72 Å². The first kappa shape index (κ1) is 19.3. The van der Waals surface area contributed by atoms with Gasteiger partial charge >= 0.3 is 5.97 Å². The summed E-state index contributed by atoms with van der Waals surface area (Å²) in [6, 6.07) is 1.20. The van der Waals surface area contributed by atoms with Gasteiger partial charge in [0.25, 0.3) is 0 Å². The van der Waals surface area contributed by atoms with E-state index in [1.807, 2.05) is 9.44 Å². The van der Waals surface area contributed by atoms with Gasteiger partial charge < -0.3 is 5.11 Å². The lowest BCUT2D eigenvalue weighted by Gasteiger charge is -2.14. The quantitative estimate of drug-likeness (QED) is 0.620. The number of nitrogens with one attached hydrogen (secondary N) is 2. The molecule has 11 heteroatoms. The van der Waals surface area contributed by atoms with Gasteiger partial charge in [-0.3, -0.25) is 9.52 Å². The van der Waals surface area contributed by atoms with E-state index in [-0.39, 0.29) is 6.42 Å². The lowest BCUT2D eigenvalue weighted by Crippen LogP contribution is -2.40. The number of benzene rings is 1. The average Bonchev–Trinajstić information content (AvgIpc) is 2.38. The van der Waals surface area contributed by atoms with Crippen LogP contribution in [0.1, 0.15) is 19.8 Å². The van der Waals surface area contributed by atoms with E-state index < -0.39 is 48.5 Å². The van der Waals surface area contributed by atoms with Crippen molar-refractivity contribution in [1.29, 1.82) is 0 Å². The van der Waals surface area contributed by atoms with Crippen molar-refractivity contribution in [2.75, 3.05) is 11.0 Å². The number of hydrogen-bond acceptors (Lipinski definition) is 5. The summed E-state index contributed by atoms with van der Waals surface area (Å²) in [5, 5.41) is 8.96. The SMILES string of the molecule is CCCC(NS(=O)(=O)c1ccc(NS(C)(=O)=O)c(F)c1)C(=O)O. The van der Waals surface area contributed by atoms with Gasteiger partial charge in [-0.2, -0.15) is 4.72 Å². The number of anilines is 1. The molecule has 0 saturated carbocycles. The van der Waals surface area contributed by atoms with Crippen LogP contribution in [0.15, 0.2) is 23.1 Å². The largest absolute Gasteiger partial charge is 0.480 e. The molecule has 0 radical (unpaired) electrons. The van der Waals surface area contributed by atoms with Crippen LogP contribution < -0.4 is 9.44 Å². The summed E-state index contributed by atoms with van der Waals surface area (Å²) in [6.07, 6.45) is 1.33. The van der Waals surface area contributed by atoms with Crippen molar-refractivity contribution in [2.45, 2.75) is 30.7 Å². The molecule has 0 aliphatic heterocycles.